The summed E-state index contributed by atoms with van der Waals surface area (Å²) in [5, 5.41) is 0. The van der Waals surface area contributed by atoms with Crippen LogP contribution in [0.5, 0.6) is 0 Å². The first-order valence-electron chi connectivity index (χ1n) is 11.1. The average Bonchev–Trinajstić information content (AvgIpc) is 3.15. The van der Waals surface area contributed by atoms with Crippen molar-refractivity contribution in [3.8, 4) is 0 Å². The summed E-state index contributed by atoms with van der Waals surface area (Å²) >= 11 is 0. The summed E-state index contributed by atoms with van der Waals surface area (Å²) in [5.74, 6) is 0.549. The number of rotatable bonds is 6. The Labute approximate surface area is 164 Å². The zero-order valence-corrected chi connectivity index (χ0v) is 17.4. The standard InChI is InChI=1S/C21H38N4O2/c1-3-22-9-13-24(14-10-22)19(26)17-21(7-5-6-8-21)18-20(27)25-15-11-23(4-2)12-16-25/h3-18H2,1-2H3. The van der Waals surface area contributed by atoms with Crippen LogP contribution in [0, 0.1) is 5.41 Å². The van der Waals surface area contributed by atoms with Gasteiger partial charge >= 0.3 is 0 Å². The number of likely N-dealkylation sites (N-methyl/N-ethyl adjacent to an activating group) is 2. The third kappa shape index (κ3) is 5.23. The van der Waals surface area contributed by atoms with Crippen molar-refractivity contribution in [2.45, 2.75) is 52.4 Å². The molecule has 3 fully saturated rings. The molecule has 3 aliphatic rings. The van der Waals surface area contributed by atoms with E-state index in [0.29, 0.717) is 12.8 Å². The van der Waals surface area contributed by atoms with Crippen LogP contribution in [0.1, 0.15) is 52.4 Å². The van der Waals surface area contributed by atoms with Crippen LogP contribution in [-0.2, 0) is 9.59 Å². The van der Waals surface area contributed by atoms with E-state index in [1.54, 1.807) is 0 Å². The molecule has 0 aromatic carbocycles. The molecule has 0 radical (unpaired) electrons. The number of piperazine rings is 2. The Kier molecular flexibility index (Phi) is 7.15. The van der Waals surface area contributed by atoms with Gasteiger partial charge in [-0.25, -0.2) is 0 Å². The van der Waals surface area contributed by atoms with Gasteiger partial charge in [-0.05, 0) is 31.3 Å². The van der Waals surface area contributed by atoms with Crippen LogP contribution in [0.3, 0.4) is 0 Å². The molecule has 0 N–H and O–H groups in total. The summed E-state index contributed by atoms with van der Waals surface area (Å²) < 4.78 is 0. The maximum Gasteiger partial charge on any atom is 0.223 e. The van der Waals surface area contributed by atoms with E-state index < -0.39 is 0 Å². The highest BCUT2D eigenvalue weighted by Gasteiger charge is 2.40. The Morgan fingerprint density at radius 3 is 1.37 bits per heavy atom. The summed E-state index contributed by atoms with van der Waals surface area (Å²) in [7, 11) is 0. The second-order valence-corrected chi connectivity index (χ2v) is 8.69. The maximum absolute atomic E-state index is 13.0. The first kappa shape index (κ1) is 20.6. The molecule has 1 aliphatic carbocycles. The second kappa shape index (κ2) is 9.37. The fourth-order valence-corrected chi connectivity index (χ4v) is 5.03. The quantitative estimate of drug-likeness (QED) is 0.705. The van der Waals surface area contributed by atoms with Gasteiger partial charge in [0.1, 0.15) is 0 Å². The minimum absolute atomic E-state index is 0.0854. The van der Waals surface area contributed by atoms with Crippen LogP contribution in [0.15, 0.2) is 0 Å². The summed E-state index contributed by atoms with van der Waals surface area (Å²) in [6.07, 6.45) is 5.53. The molecule has 0 spiro atoms. The lowest BCUT2D eigenvalue weighted by Gasteiger charge is -2.38. The van der Waals surface area contributed by atoms with E-state index in [4.69, 9.17) is 0 Å². The number of hydrogen-bond acceptors (Lipinski definition) is 4. The number of carbonyl (C=O) groups is 2. The molecule has 27 heavy (non-hydrogen) atoms. The third-order valence-electron chi connectivity index (χ3n) is 7.06. The summed E-state index contributed by atoms with van der Waals surface area (Å²) in [5.41, 5.74) is -0.0854. The predicted molar refractivity (Wildman–Crippen MR) is 108 cm³/mol. The molecule has 0 bridgehead atoms. The number of carbonyl (C=O) groups excluding carboxylic acids is 2. The van der Waals surface area contributed by atoms with Crippen LogP contribution in [0.25, 0.3) is 0 Å². The molecule has 6 heteroatoms. The van der Waals surface area contributed by atoms with E-state index in [1.807, 2.05) is 9.80 Å². The van der Waals surface area contributed by atoms with E-state index in [9.17, 15) is 9.59 Å². The van der Waals surface area contributed by atoms with Crippen molar-refractivity contribution in [3.63, 3.8) is 0 Å². The molecule has 0 aromatic heterocycles. The normalized spacial score (nSPS) is 24.4. The largest absolute Gasteiger partial charge is 0.340 e. The number of amides is 2. The van der Waals surface area contributed by atoms with Crippen molar-refractivity contribution in [1.82, 2.24) is 19.6 Å². The van der Waals surface area contributed by atoms with E-state index in [1.165, 1.54) is 0 Å². The van der Waals surface area contributed by atoms with Gasteiger partial charge in [0.25, 0.3) is 0 Å². The van der Waals surface area contributed by atoms with Gasteiger partial charge in [-0.15, -0.1) is 0 Å². The Morgan fingerprint density at radius 2 is 1.04 bits per heavy atom. The summed E-state index contributed by atoms with van der Waals surface area (Å²) in [6.45, 7) is 13.8. The molecule has 6 nitrogen and oxygen atoms in total. The number of nitrogens with zero attached hydrogens (tertiary/aromatic N) is 4. The Morgan fingerprint density at radius 1 is 0.667 bits per heavy atom. The topological polar surface area (TPSA) is 47.1 Å². The fourth-order valence-electron chi connectivity index (χ4n) is 5.03. The van der Waals surface area contributed by atoms with E-state index in [-0.39, 0.29) is 17.2 Å². The SMILES string of the molecule is CCN1CCN(C(=O)CC2(CC(=O)N3CCN(CC)CC3)CCCC2)CC1. The lowest BCUT2D eigenvalue weighted by Crippen LogP contribution is -2.50. The lowest BCUT2D eigenvalue weighted by molar-refractivity contribution is -0.139. The van der Waals surface area contributed by atoms with Crippen LogP contribution >= 0.6 is 0 Å². The highest BCUT2D eigenvalue weighted by atomic mass is 16.2. The molecule has 1 saturated carbocycles. The van der Waals surface area contributed by atoms with Crippen molar-refractivity contribution in [1.29, 1.82) is 0 Å². The van der Waals surface area contributed by atoms with E-state index >= 15 is 0 Å². The average molecular weight is 379 g/mol. The molecular weight excluding hydrogens is 340 g/mol. The van der Waals surface area contributed by atoms with Gasteiger partial charge in [0.15, 0.2) is 0 Å². The molecule has 2 saturated heterocycles. The van der Waals surface area contributed by atoms with Gasteiger partial charge < -0.3 is 19.6 Å². The Balaban J connectivity index is 1.54. The first-order chi connectivity index (χ1) is 13.0. The highest BCUT2D eigenvalue weighted by Crippen LogP contribution is 2.45. The molecule has 2 amide bonds. The van der Waals surface area contributed by atoms with Crippen LogP contribution in [-0.4, -0.2) is 96.9 Å². The van der Waals surface area contributed by atoms with Gasteiger partial charge in [-0.1, -0.05) is 26.7 Å². The third-order valence-corrected chi connectivity index (χ3v) is 7.06. The van der Waals surface area contributed by atoms with Crippen LogP contribution < -0.4 is 0 Å². The molecule has 0 unspecified atom stereocenters. The molecule has 3 rings (SSSR count). The zero-order valence-electron chi connectivity index (χ0n) is 17.4. The lowest BCUT2D eigenvalue weighted by atomic mass is 9.78. The zero-order chi connectivity index (χ0) is 19.3. The van der Waals surface area contributed by atoms with Gasteiger partial charge in [0.05, 0.1) is 0 Å². The van der Waals surface area contributed by atoms with Crippen molar-refractivity contribution in [3.05, 3.63) is 0 Å². The van der Waals surface area contributed by atoms with Crippen molar-refractivity contribution in [2.24, 2.45) is 5.41 Å². The van der Waals surface area contributed by atoms with Crippen LogP contribution in [0.2, 0.25) is 0 Å². The molecule has 0 aromatic rings. The fraction of sp³-hybridized carbons (Fsp3) is 0.905. The van der Waals surface area contributed by atoms with Gasteiger partial charge in [0, 0.05) is 65.2 Å². The maximum atomic E-state index is 13.0. The molecular formula is C21H38N4O2. The van der Waals surface area contributed by atoms with Gasteiger partial charge in [0.2, 0.25) is 11.8 Å². The smallest absolute Gasteiger partial charge is 0.223 e. The van der Waals surface area contributed by atoms with Crippen molar-refractivity contribution >= 4 is 11.8 Å². The highest BCUT2D eigenvalue weighted by molar-refractivity contribution is 5.81. The molecule has 0 atom stereocenters. The van der Waals surface area contributed by atoms with E-state index in [0.717, 1.165) is 91.1 Å². The molecule has 154 valence electrons. The number of hydrogen-bond donors (Lipinski definition) is 0. The van der Waals surface area contributed by atoms with Crippen molar-refractivity contribution < 1.29 is 9.59 Å². The Bertz CT molecular complexity index is 462. The first-order valence-corrected chi connectivity index (χ1v) is 11.1. The van der Waals surface area contributed by atoms with Crippen molar-refractivity contribution in [2.75, 3.05) is 65.4 Å². The van der Waals surface area contributed by atoms with Gasteiger partial charge in [-0.2, -0.15) is 0 Å². The van der Waals surface area contributed by atoms with Crippen LogP contribution in [0.4, 0.5) is 0 Å². The minimum Gasteiger partial charge on any atom is -0.340 e. The minimum atomic E-state index is -0.0854. The summed E-state index contributed by atoms with van der Waals surface area (Å²) in [4.78, 5) is 34.8. The molecule has 2 aliphatic heterocycles. The van der Waals surface area contributed by atoms with E-state index in [2.05, 4.69) is 23.6 Å². The van der Waals surface area contributed by atoms with Gasteiger partial charge in [-0.3, -0.25) is 9.59 Å². The monoisotopic (exact) mass is 378 g/mol. The Hall–Kier alpha value is -1.14. The molecule has 2 heterocycles. The summed E-state index contributed by atoms with van der Waals surface area (Å²) in [6, 6.07) is 0. The predicted octanol–water partition coefficient (Wildman–Crippen LogP) is 1.66. The second-order valence-electron chi connectivity index (χ2n) is 8.69.